The van der Waals surface area contributed by atoms with Crippen LogP contribution >= 0.6 is 0 Å². The smallest absolute Gasteiger partial charge is 0.407 e. The summed E-state index contributed by atoms with van der Waals surface area (Å²) in [6, 6.07) is 0. The van der Waals surface area contributed by atoms with Crippen LogP contribution in [0, 0.1) is 0 Å². The third-order valence-corrected chi connectivity index (χ3v) is 1.75. The number of nitrogens with one attached hydrogen (secondary N) is 1. The maximum absolute atomic E-state index is 11.2. The molecule has 0 bridgehead atoms. The number of hydrogen-bond acceptors (Lipinski definition) is 4. The van der Waals surface area contributed by atoms with Crippen LogP contribution in [0.2, 0.25) is 0 Å². The minimum Gasteiger partial charge on any atom is -0.466 e. The fourth-order valence-electron chi connectivity index (χ4n) is 1.09. The van der Waals surface area contributed by atoms with Gasteiger partial charge < -0.3 is 14.8 Å². The summed E-state index contributed by atoms with van der Waals surface area (Å²) in [5, 5.41) is 2.59. The van der Waals surface area contributed by atoms with Gasteiger partial charge in [-0.1, -0.05) is 12.2 Å². The van der Waals surface area contributed by atoms with E-state index in [-0.39, 0.29) is 5.97 Å². The molecule has 0 aliphatic heterocycles. The topological polar surface area (TPSA) is 64.6 Å². The average molecular weight is 257 g/mol. The molecule has 0 rings (SSSR count). The summed E-state index contributed by atoms with van der Waals surface area (Å²) in [5.74, 6) is -0.206. The van der Waals surface area contributed by atoms with Crippen LogP contribution < -0.4 is 5.32 Å². The summed E-state index contributed by atoms with van der Waals surface area (Å²) in [6.07, 6.45) is 4.13. The molecule has 0 spiro atoms. The number of esters is 1. The molecule has 5 nitrogen and oxygen atoms in total. The lowest BCUT2D eigenvalue weighted by Crippen LogP contribution is -2.32. The van der Waals surface area contributed by atoms with Crippen molar-refractivity contribution in [2.24, 2.45) is 0 Å². The van der Waals surface area contributed by atoms with Gasteiger partial charge >= 0.3 is 12.1 Å². The number of carbonyl (C=O) groups excluding carboxylic acids is 2. The van der Waals surface area contributed by atoms with Crippen LogP contribution in [0.5, 0.6) is 0 Å². The summed E-state index contributed by atoms with van der Waals surface area (Å²) >= 11 is 0. The first-order chi connectivity index (χ1) is 8.35. The van der Waals surface area contributed by atoms with Gasteiger partial charge in [0.2, 0.25) is 0 Å². The summed E-state index contributed by atoms with van der Waals surface area (Å²) < 4.78 is 9.84. The Kier molecular flexibility index (Phi) is 7.83. The van der Waals surface area contributed by atoms with Gasteiger partial charge in [-0.25, -0.2) is 4.79 Å². The monoisotopic (exact) mass is 257 g/mol. The maximum Gasteiger partial charge on any atom is 0.407 e. The quantitative estimate of drug-likeness (QED) is 0.586. The Balaban J connectivity index is 3.60. The molecular formula is C13H23NO4. The van der Waals surface area contributed by atoms with Gasteiger partial charge in [0.05, 0.1) is 6.61 Å². The van der Waals surface area contributed by atoms with E-state index in [1.807, 2.05) is 26.8 Å². The summed E-state index contributed by atoms with van der Waals surface area (Å²) in [4.78, 5) is 22.2. The molecule has 104 valence electrons. The van der Waals surface area contributed by atoms with Gasteiger partial charge in [0.15, 0.2) is 0 Å². The molecule has 0 heterocycles. The number of rotatable bonds is 6. The van der Waals surface area contributed by atoms with Gasteiger partial charge in [-0.2, -0.15) is 0 Å². The van der Waals surface area contributed by atoms with E-state index in [9.17, 15) is 9.59 Å². The van der Waals surface area contributed by atoms with Crippen molar-refractivity contribution in [2.45, 2.75) is 46.1 Å². The Hall–Kier alpha value is -1.52. The van der Waals surface area contributed by atoms with Crippen LogP contribution in [-0.4, -0.2) is 30.8 Å². The highest BCUT2D eigenvalue weighted by Crippen LogP contribution is 2.06. The van der Waals surface area contributed by atoms with Gasteiger partial charge in [-0.3, -0.25) is 4.79 Å². The molecule has 0 unspecified atom stereocenters. The van der Waals surface area contributed by atoms with Gasteiger partial charge in [0.25, 0.3) is 0 Å². The Morgan fingerprint density at radius 3 is 2.44 bits per heavy atom. The maximum atomic E-state index is 11.2. The standard InChI is InChI=1S/C13H23NO4/c1-5-17-11(15)9-7-6-8-10-14-12(16)18-13(2,3)4/h6,8H,5,7,9-10H2,1-4H3,(H,14,16)/b8-6+. The molecule has 0 saturated heterocycles. The predicted octanol–water partition coefficient (Wildman–Crippen LogP) is 2.41. The van der Waals surface area contributed by atoms with Crippen molar-refractivity contribution in [3.63, 3.8) is 0 Å². The highest BCUT2D eigenvalue weighted by Gasteiger charge is 2.14. The van der Waals surface area contributed by atoms with Gasteiger partial charge in [0.1, 0.15) is 5.60 Å². The predicted molar refractivity (Wildman–Crippen MR) is 69.2 cm³/mol. The van der Waals surface area contributed by atoms with Crippen LogP contribution in [0.25, 0.3) is 0 Å². The zero-order chi connectivity index (χ0) is 14.0. The lowest BCUT2D eigenvalue weighted by atomic mass is 10.2. The average Bonchev–Trinajstić information content (AvgIpc) is 2.21. The van der Waals surface area contributed by atoms with Crippen molar-refractivity contribution in [3.05, 3.63) is 12.2 Å². The minimum atomic E-state index is -0.488. The van der Waals surface area contributed by atoms with Gasteiger partial charge in [-0.05, 0) is 34.1 Å². The first kappa shape index (κ1) is 16.5. The van der Waals surface area contributed by atoms with Crippen molar-refractivity contribution in [1.29, 1.82) is 0 Å². The van der Waals surface area contributed by atoms with Crippen LogP contribution in [-0.2, 0) is 14.3 Å². The summed E-state index contributed by atoms with van der Waals surface area (Å²) in [5.41, 5.74) is -0.488. The van der Waals surface area contributed by atoms with Crippen LogP contribution in [0.3, 0.4) is 0 Å². The molecule has 0 aliphatic rings. The molecule has 0 aromatic rings. The number of amides is 1. The van der Waals surface area contributed by atoms with E-state index in [2.05, 4.69) is 5.32 Å². The van der Waals surface area contributed by atoms with Crippen molar-refractivity contribution in [3.8, 4) is 0 Å². The van der Waals surface area contributed by atoms with Crippen LogP contribution in [0.4, 0.5) is 4.79 Å². The normalized spacial score (nSPS) is 11.3. The first-order valence-corrected chi connectivity index (χ1v) is 6.12. The molecule has 0 radical (unpaired) electrons. The summed E-state index contributed by atoms with van der Waals surface area (Å²) in [6.45, 7) is 7.99. The van der Waals surface area contributed by atoms with E-state index in [4.69, 9.17) is 9.47 Å². The molecule has 0 saturated carbocycles. The van der Waals surface area contributed by atoms with E-state index in [0.717, 1.165) is 0 Å². The second-order valence-electron chi connectivity index (χ2n) is 4.70. The molecule has 0 fully saturated rings. The molecule has 1 N–H and O–H groups in total. The number of hydrogen-bond donors (Lipinski definition) is 1. The van der Waals surface area contributed by atoms with E-state index in [0.29, 0.717) is 26.0 Å². The molecule has 0 aliphatic carbocycles. The largest absolute Gasteiger partial charge is 0.466 e. The lowest BCUT2D eigenvalue weighted by Gasteiger charge is -2.19. The van der Waals surface area contributed by atoms with Crippen LogP contribution in [0.15, 0.2) is 12.2 Å². The molecule has 5 heteroatoms. The van der Waals surface area contributed by atoms with E-state index in [1.165, 1.54) is 0 Å². The lowest BCUT2D eigenvalue weighted by molar-refractivity contribution is -0.143. The number of allylic oxidation sites excluding steroid dienone is 1. The fraction of sp³-hybridized carbons (Fsp3) is 0.692. The third kappa shape index (κ3) is 11.0. The van der Waals surface area contributed by atoms with Crippen LogP contribution in [0.1, 0.15) is 40.5 Å². The van der Waals surface area contributed by atoms with E-state index >= 15 is 0 Å². The molecule has 0 aromatic heterocycles. The number of alkyl carbamates (subject to hydrolysis) is 1. The second-order valence-corrected chi connectivity index (χ2v) is 4.70. The number of carbonyl (C=O) groups is 2. The SMILES string of the molecule is CCOC(=O)CC/C=C/CNC(=O)OC(C)(C)C. The summed E-state index contributed by atoms with van der Waals surface area (Å²) in [7, 11) is 0. The zero-order valence-electron chi connectivity index (χ0n) is 11.6. The molecule has 1 amide bonds. The highest BCUT2D eigenvalue weighted by molar-refractivity contribution is 5.69. The molecule has 0 atom stereocenters. The van der Waals surface area contributed by atoms with E-state index < -0.39 is 11.7 Å². The molecule has 0 aromatic carbocycles. The Labute approximate surface area is 109 Å². The zero-order valence-corrected chi connectivity index (χ0v) is 11.6. The van der Waals surface area contributed by atoms with Crippen molar-refractivity contribution in [1.82, 2.24) is 5.32 Å². The Morgan fingerprint density at radius 2 is 1.89 bits per heavy atom. The Bertz CT molecular complexity index is 292. The third-order valence-electron chi connectivity index (χ3n) is 1.75. The van der Waals surface area contributed by atoms with E-state index in [1.54, 1.807) is 13.0 Å². The number of ether oxygens (including phenoxy) is 2. The van der Waals surface area contributed by atoms with Crippen molar-refractivity contribution in [2.75, 3.05) is 13.2 Å². The molecular weight excluding hydrogens is 234 g/mol. The fourth-order valence-corrected chi connectivity index (χ4v) is 1.09. The van der Waals surface area contributed by atoms with Gasteiger partial charge in [-0.15, -0.1) is 0 Å². The van der Waals surface area contributed by atoms with Gasteiger partial charge in [0, 0.05) is 13.0 Å². The first-order valence-electron chi connectivity index (χ1n) is 6.12. The van der Waals surface area contributed by atoms with Crippen molar-refractivity contribution >= 4 is 12.1 Å². The second kappa shape index (κ2) is 8.55. The highest BCUT2D eigenvalue weighted by atomic mass is 16.6. The molecule has 18 heavy (non-hydrogen) atoms. The minimum absolute atomic E-state index is 0.206. The van der Waals surface area contributed by atoms with Crippen molar-refractivity contribution < 1.29 is 19.1 Å². The Morgan fingerprint density at radius 1 is 1.22 bits per heavy atom.